The lowest BCUT2D eigenvalue weighted by Gasteiger charge is -1.96. The van der Waals surface area contributed by atoms with Gasteiger partial charge in [0.1, 0.15) is 11.6 Å². The predicted molar refractivity (Wildman–Crippen MR) is 61.8 cm³/mol. The summed E-state index contributed by atoms with van der Waals surface area (Å²) in [4.78, 5) is 3.99. The van der Waals surface area contributed by atoms with E-state index in [1.807, 2.05) is 13.8 Å². The van der Waals surface area contributed by atoms with Crippen LogP contribution in [0.3, 0.4) is 0 Å². The molecule has 0 saturated heterocycles. The maximum Gasteiger partial charge on any atom is 0.191 e. The highest BCUT2D eigenvalue weighted by Crippen LogP contribution is 2.10. The van der Waals surface area contributed by atoms with E-state index in [1.165, 1.54) is 12.1 Å². The van der Waals surface area contributed by atoms with Gasteiger partial charge < -0.3 is 4.42 Å². The molecular weight excluding hydrogens is 205 g/mol. The number of hydrogen-bond acceptors (Lipinski definition) is 2. The quantitative estimate of drug-likeness (QED) is 0.772. The second-order valence-electron chi connectivity index (χ2n) is 3.15. The van der Waals surface area contributed by atoms with Gasteiger partial charge >= 0.3 is 0 Å². The summed E-state index contributed by atoms with van der Waals surface area (Å²) in [6.07, 6.45) is 2.35. The zero-order valence-electron chi connectivity index (χ0n) is 9.83. The third-order valence-corrected chi connectivity index (χ3v) is 1.96. The van der Waals surface area contributed by atoms with Gasteiger partial charge in [-0.2, -0.15) is 0 Å². The Morgan fingerprint density at radius 2 is 1.81 bits per heavy atom. The van der Waals surface area contributed by atoms with Crippen LogP contribution >= 0.6 is 0 Å². The van der Waals surface area contributed by atoms with Crippen molar-refractivity contribution in [2.24, 2.45) is 0 Å². The second kappa shape index (κ2) is 6.05. The fourth-order valence-corrected chi connectivity index (χ4v) is 1.29. The highest BCUT2D eigenvalue weighted by molar-refractivity contribution is 5.20. The van der Waals surface area contributed by atoms with E-state index in [1.54, 1.807) is 25.3 Å². The van der Waals surface area contributed by atoms with Gasteiger partial charge in [-0.1, -0.05) is 26.0 Å². The lowest BCUT2D eigenvalue weighted by atomic mass is 10.1. The minimum Gasteiger partial charge on any atom is -0.446 e. The molecule has 0 aliphatic heterocycles. The monoisotopic (exact) mass is 221 g/mol. The Morgan fingerprint density at radius 3 is 2.31 bits per heavy atom. The molecule has 0 N–H and O–H groups in total. The van der Waals surface area contributed by atoms with Crippen LogP contribution in [0, 0.1) is 12.7 Å². The van der Waals surface area contributed by atoms with Crippen LogP contribution in [0.2, 0.25) is 0 Å². The molecule has 16 heavy (non-hydrogen) atoms. The molecule has 1 aromatic carbocycles. The predicted octanol–water partition coefficient (Wildman–Crippen LogP) is 3.74. The molecule has 0 bridgehead atoms. The SMILES string of the molecule is CC.Cc1ncc(Cc2ccc(F)cc2)o1. The molecule has 2 rings (SSSR count). The van der Waals surface area contributed by atoms with E-state index in [-0.39, 0.29) is 5.82 Å². The van der Waals surface area contributed by atoms with Gasteiger partial charge in [0, 0.05) is 13.3 Å². The molecule has 1 aromatic heterocycles. The van der Waals surface area contributed by atoms with Gasteiger partial charge in [-0.05, 0) is 17.7 Å². The zero-order valence-corrected chi connectivity index (χ0v) is 9.83. The minimum absolute atomic E-state index is 0.220. The lowest BCUT2D eigenvalue weighted by Crippen LogP contribution is -1.85. The molecule has 2 nitrogen and oxygen atoms in total. The summed E-state index contributed by atoms with van der Waals surface area (Å²) in [6.45, 7) is 5.80. The van der Waals surface area contributed by atoms with Gasteiger partial charge in [-0.25, -0.2) is 9.37 Å². The zero-order chi connectivity index (χ0) is 12.0. The minimum atomic E-state index is -0.220. The lowest BCUT2D eigenvalue weighted by molar-refractivity contribution is 0.483. The van der Waals surface area contributed by atoms with E-state index in [9.17, 15) is 4.39 Å². The first-order chi connectivity index (χ1) is 7.74. The molecule has 0 saturated carbocycles. The molecular formula is C13H16FNO. The summed E-state index contributed by atoms with van der Waals surface area (Å²) in [5.41, 5.74) is 1.02. The van der Waals surface area contributed by atoms with Gasteiger partial charge in [0.25, 0.3) is 0 Å². The molecule has 0 fully saturated rings. The van der Waals surface area contributed by atoms with E-state index >= 15 is 0 Å². The fraction of sp³-hybridized carbons (Fsp3) is 0.308. The molecule has 2 aromatic rings. The number of rotatable bonds is 2. The van der Waals surface area contributed by atoms with Crippen LogP contribution in [0.1, 0.15) is 31.1 Å². The number of aromatic nitrogens is 1. The number of halogens is 1. The largest absolute Gasteiger partial charge is 0.446 e. The van der Waals surface area contributed by atoms with Crippen LogP contribution in [-0.4, -0.2) is 4.98 Å². The molecule has 0 aliphatic rings. The third kappa shape index (κ3) is 3.50. The molecule has 3 heteroatoms. The van der Waals surface area contributed by atoms with Gasteiger partial charge in [0.15, 0.2) is 5.89 Å². The summed E-state index contributed by atoms with van der Waals surface area (Å²) in [6, 6.07) is 6.37. The highest BCUT2D eigenvalue weighted by Gasteiger charge is 2.01. The molecule has 0 atom stereocenters. The van der Waals surface area contributed by atoms with E-state index in [0.29, 0.717) is 12.3 Å². The summed E-state index contributed by atoms with van der Waals surface area (Å²) < 4.78 is 17.9. The van der Waals surface area contributed by atoms with Crippen molar-refractivity contribution < 1.29 is 8.81 Å². The molecule has 86 valence electrons. The fourth-order valence-electron chi connectivity index (χ4n) is 1.29. The smallest absolute Gasteiger partial charge is 0.191 e. The number of aryl methyl sites for hydroxylation is 1. The molecule has 0 spiro atoms. The van der Waals surface area contributed by atoms with Crippen LogP contribution in [0.5, 0.6) is 0 Å². The standard InChI is InChI=1S/C11H10FNO.C2H6/c1-8-13-7-11(14-8)6-9-2-4-10(12)5-3-9;1-2/h2-5,7H,6H2,1H3;1-2H3. The maximum absolute atomic E-state index is 12.6. The van der Waals surface area contributed by atoms with Crippen molar-refractivity contribution in [3.05, 3.63) is 53.5 Å². The second-order valence-corrected chi connectivity index (χ2v) is 3.15. The van der Waals surface area contributed by atoms with Crippen LogP contribution in [0.25, 0.3) is 0 Å². The van der Waals surface area contributed by atoms with Gasteiger partial charge in [0.2, 0.25) is 0 Å². The number of nitrogens with zero attached hydrogens (tertiary/aromatic N) is 1. The average Bonchev–Trinajstić information content (AvgIpc) is 2.70. The van der Waals surface area contributed by atoms with Crippen molar-refractivity contribution in [3.8, 4) is 0 Å². The first kappa shape index (κ1) is 12.4. The Labute approximate surface area is 95.1 Å². The highest BCUT2D eigenvalue weighted by atomic mass is 19.1. The van der Waals surface area contributed by atoms with Crippen LogP contribution in [0.4, 0.5) is 4.39 Å². The Hall–Kier alpha value is -1.64. The Morgan fingerprint density at radius 1 is 1.19 bits per heavy atom. The van der Waals surface area contributed by atoms with E-state index < -0.39 is 0 Å². The van der Waals surface area contributed by atoms with Crippen molar-refractivity contribution in [2.45, 2.75) is 27.2 Å². The number of hydrogen-bond donors (Lipinski definition) is 0. The van der Waals surface area contributed by atoms with E-state index in [0.717, 1.165) is 11.3 Å². The van der Waals surface area contributed by atoms with Crippen LogP contribution < -0.4 is 0 Å². The van der Waals surface area contributed by atoms with Crippen molar-refractivity contribution in [1.82, 2.24) is 4.98 Å². The van der Waals surface area contributed by atoms with Crippen molar-refractivity contribution in [3.63, 3.8) is 0 Å². The Balaban J connectivity index is 0.000000606. The van der Waals surface area contributed by atoms with Crippen molar-refractivity contribution in [1.29, 1.82) is 0 Å². The van der Waals surface area contributed by atoms with E-state index in [2.05, 4.69) is 4.98 Å². The topological polar surface area (TPSA) is 26.0 Å². The van der Waals surface area contributed by atoms with Gasteiger partial charge in [-0.3, -0.25) is 0 Å². The summed E-state index contributed by atoms with van der Waals surface area (Å²) in [5, 5.41) is 0. The molecule has 1 heterocycles. The molecule has 0 radical (unpaired) electrons. The summed E-state index contributed by atoms with van der Waals surface area (Å²) in [7, 11) is 0. The van der Waals surface area contributed by atoms with Crippen molar-refractivity contribution in [2.75, 3.05) is 0 Å². The first-order valence-electron chi connectivity index (χ1n) is 5.40. The molecule has 0 aliphatic carbocycles. The number of oxazole rings is 1. The van der Waals surface area contributed by atoms with Crippen LogP contribution in [0.15, 0.2) is 34.9 Å². The van der Waals surface area contributed by atoms with Gasteiger partial charge in [-0.15, -0.1) is 0 Å². The number of benzene rings is 1. The van der Waals surface area contributed by atoms with Crippen molar-refractivity contribution >= 4 is 0 Å². The van der Waals surface area contributed by atoms with Gasteiger partial charge in [0.05, 0.1) is 6.20 Å². The van der Waals surface area contributed by atoms with E-state index in [4.69, 9.17) is 4.42 Å². The Kier molecular flexibility index (Phi) is 4.70. The average molecular weight is 221 g/mol. The summed E-state index contributed by atoms with van der Waals surface area (Å²) in [5.74, 6) is 1.23. The first-order valence-corrected chi connectivity index (χ1v) is 5.40. The maximum atomic E-state index is 12.6. The summed E-state index contributed by atoms with van der Waals surface area (Å²) >= 11 is 0. The van der Waals surface area contributed by atoms with Crippen LogP contribution in [-0.2, 0) is 6.42 Å². The Bertz CT molecular complexity index is 420. The molecule has 0 unspecified atom stereocenters. The molecule has 0 amide bonds. The third-order valence-electron chi connectivity index (χ3n) is 1.96. The normalized spacial score (nSPS) is 9.50.